The zero-order valence-electron chi connectivity index (χ0n) is 25.5. The second-order valence-electron chi connectivity index (χ2n) is 11.9. The summed E-state index contributed by atoms with van der Waals surface area (Å²) in [4.78, 5) is 40.7. The number of hydrogen-bond acceptors (Lipinski definition) is 7. The maximum Gasteiger partial charge on any atom is 0.254 e. The smallest absolute Gasteiger partial charge is 0.254 e. The van der Waals surface area contributed by atoms with Crippen LogP contribution in [0.5, 0.6) is 0 Å². The summed E-state index contributed by atoms with van der Waals surface area (Å²) in [5, 5.41) is 20.6. The first-order valence-corrected chi connectivity index (χ1v) is 15.2. The molecule has 1 fully saturated rings. The number of nitriles is 1. The topological polar surface area (TPSA) is 115 Å². The van der Waals surface area contributed by atoms with Crippen molar-refractivity contribution in [3.63, 3.8) is 0 Å². The maximum atomic E-state index is 16.0. The van der Waals surface area contributed by atoms with E-state index in [1.165, 1.54) is 12.1 Å². The van der Waals surface area contributed by atoms with Crippen LogP contribution < -0.4 is 10.6 Å². The molecule has 3 atom stereocenters. The Morgan fingerprint density at radius 1 is 1.16 bits per heavy atom. The third kappa shape index (κ3) is 6.27. The van der Waals surface area contributed by atoms with E-state index in [9.17, 15) is 19.8 Å². The molecule has 2 N–H and O–H groups in total. The predicted molar refractivity (Wildman–Crippen MR) is 170 cm³/mol. The number of rotatable bonds is 11. The number of ketones is 1. The van der Waals surface area contributed by atoms with Crippen LogP contribution in [0.1, 0.15) is 65.7 Å². The Morgan fingerprint density at radius 3 is 2.43 bits per heavy atom. The number of nitrogens with zero attached hydrogens (tertiary/aromatic N) is 3. The monoisotopic (exact) mass is 595 g/mol. The summed E-state index contributed by atoms with van der Waals surface area (Å²) >= 11 is 0. The molecule has 8 nitrogen and oxygen atoms in total. The molecule has 3 aromatic rings. The number of amides is 1. The number of halogens is 1. The Morgan fingerprint density at radius 2 is 1.84 bits per heavy atom. The molecule has 9 heteroatoms. The molecule has 0 radical (unpaired) electrons. The van der Waals surface area contributed by atoms with Crippen molar-refractivity contribution in [1.82, 2.24) is 10.2 Å². The van der Waals surface area contributed by atoms with Crippen molar-refractivity contribution in [1.29, 1.82) is 5.26 Å². The molecule has 5 rings (SSSR count). The number of benzene rings is 3. The van der Waals surface area contributed by atoms with Crippen LogP contribution in [0.3, 0.4) is 0 Å². The van der Waals surface area contributed by atoms with Gasteiger partial charge in [-0.25, -0.2) is 4.39 Å². The van der Waals surface area contributed by atoms with Gasteiger partial charge in [0.2, 0.25) is 0 Å². The van der Waals surface area contributed by atoms with Crippen LogP contribution in [-0.4, -0.2) is 55.4 Å². The number of hydrogen-bond donors (Lipinski definition) is 2. The van der Waals surface area contributed by atoms with Crippen molar-refractivity contribution in [2.45, 2.75) is 58.0 Å². The quantitative estimate of drug-likeness (QED) is 0.0733. The van der Waals surface area contributed by atoms with Gasteiger partial charge in [-0.3, -0.25) is 9.59 Å². The number of allylic oxidation sites excluding steroid dienone is 1. The fourth-order valence-electron chi connectivity index (χ4n) is 6.53. The lowest BCUT2D eigenvalue weighted by molar-refractivity contribution is -0.117. The molecular formula is C35H38FN5O3. The summed E-state index contributed by atoms with van der Waals surface area (Å²) in [6.07, 6.45) is 5.20. The van der Waals surface area contributed by atoms with Crippen LogP contribution in [0.15, 0.2) is 59.3 Å². The van der Waals surface area contributed by atoms with Gasteiger partial charge in [0, 0.05) is 24.6 Å². The summed E-state index contributed by atoms with van der Waals surface area (Å²) in [5.41, 5.74) is 3.49. The van der Waals surface area contributed by atoms with Crippen molar-refractivity contribution >= 4 is 28.2 Å². The Hall–Kier alpha value is -4.42. The van der Waals surface area contributed by atoms with Gasteiger partial charge in [-0.15, -0.1) is 0 Å². The molecule has 3 aromatic carbocycles. The first-order valence-electron chi connectivity index (χ1n) is 15.2. The summed E-state index contributed by atoms with van der Waals surface area (Å²) in [7, 11) is 2.08. The molecule has 0 saturated carbocycles. The predicted octanol–water partition coefficient (Wildman–Crippen LogP) is 5.91. The highest BCUT2D eigenvalue weighted by Crippen LogP contribution is 2.39. The van der Waals surface area contributed by atoms with E-state index in [1.54, 1.807) is 13.8 Å². The van der Waals surface area contributed by atoms with Crippen LogP contribution >= 0.6 is 0 Å². The second kappa shape index (κ2) is 13.5. The number of Topliss-reactive ketones (excluding diaryl/α,β-unsaturated/α-hetero) is 1. The molecule has 1 amide bonds. The first-order chi connectivity index (χ1) is 21.2. The van der Waals surface area contributed by atoms with Gasteiger partial charge in [0.05, 0.1) is 29.3 Å². The van der Waals surface area contributed by atoms with E-state index in [4.69, 9.17) is 0 Å². The highest BCUT2D eigenvalue weighted by atomic mass is 19.1. The van der Waals surface area contributed by atoms with Gasteiger partial charge in [-0.05, 0) is 92.2 Å². The zero-order chi connectivity index (χ0) is 31.4. The molecular weight excluding hydrogens is 557 g/mol. The number of nitroso groups, excluding NO2 is 1. The van der Waals surface area contributed by atoms with Gasteiger partial charge in [-0.2, -0.15) is 10.2 Å². The first kappa shape index (κ1) is 31.0. The second-order valence-corrected chi connectivity index (χ2v) is 11.9. The van der Waals surface area contributed by atoms with Gasteiger partial charge in [0.15, 0.2) is 5.78 Å². The van der Waals surface area contributed by atoms with Crippen molar-refractivity contribution in [3.05, 3.63) is 92.7 Å². The van der Waals surface area contributed by atoms with Crippen molar-refractivity contribution in [2.24, 2.45) is 11.1 Å². The fraction of sp³-hybridized carbons (Fsp3) is 0.400. The molecule has 1 saturated heterocycles. The molecule has 1 aliphatic heterocycles. The standard InChI is InChI=1S/C35H38FN5O3/c1-4-27(35(43)38-12-11-26-10-7-13-41(26)3)34(42)30-18-31(36)33(40-32(20-39-44)21(2)19-37)29-17-25-15-23-9-6-5-8-22(23)14-24(25)16-28(29)30/h4-6,8-9,14-15,18,21,26,32,40H,7,10-13,16-17,20H2,1-3H3,(H,38,43)/b27-4+. The Balaban J connectivity index is 1.51. The van der Waals surface area contributed by atoms with Gasteiger partial charge in [0.25, 0.3) is 5.91 Å². The van der Waals surface area contributed by atoms with Gasteiger partial charge in [0.1, 0.15) is 12.4 Å². The lowest BCUT2D eigenvalue weighted by Crippen LogP contribution is -2.34. The summed E-state index contributed by atoms with van der Waals surface area (Å²) in [6, 6.07) is 15.1. The number of likely N-dealkylation sites (tertiary alicyclic amines) is 1. The minimum absolute atomic E-state index is 0.0301. The molecule has 44 heavy (non-hydrogen) atoms. The Bertz CT molecular complexity index is 1680. The molecule has 0 bridgehead atoms. The number of fused-ring (bicyclic) bond motifs is 3. The lowest BCUT2D eigenvalue weighted by Gasteiger charge is -2.28. The summed E-state index contributed by atoms with van der Waals surface area (Å²) < 4.78 is 16.0. The molecule has 0 spiro atoms. The van der Waals surface area contributed by atoms with E-state index < -0.39 is 29.5 Å². The van der Waals surface area contributed by atoms with Crippen LogP contribution in [0.4, 0.5) is 10.1 Å². The highest BCUT2D eigenvalue weighted by molar-refractivity contribution is 6.26. The molecule has 3 unspecified atom stereocenters. The maximum absolute atomic E-state index is 16.0. The van der Waals surface area contributed by atoms with Crippen LogP contribution in [-0.2, 0) is 17.6 Å². The average molecular weight is 596 g/mol. The van der Waals surface area contributed by atoms with Crippen LogP contribution in [0.2, 0.25) is 0 Å². The van der Waals surface area contributed by atoms with E-state index in [0.29, 0.717) is 36.6 Å². The van der Waals surface area contributed by atoms with Gasteiger partial charge in [-0.1, -0.05) is 47.7 Å². The number of carbonyl (C=O) groups is 2. The van der Waals surface area contributed by atoms with E-state index >= 15 is 4.39 Å². The SMILES string of the molecule is C/C=C(/C(=O)NCCC1CCCN1C)C(=O)c1cc(F)c(NC(CN=O)C(C)C#N)c2c1Cc1cc3ccccc3cc1C2. The van der Waals surface area contributed by atoms with E-state index in [2.05, 4.69) is 46.0 Å². The zero-order valence-corrected chi connectivity index (χ0v) is 25.5. The molecule has 228 valence electrons. The molecule has 2 aliphatic rings. The Labute approximate surface area is 257 Å². The van der Waals surface area contributed by atoms with Gasteiger partial charge >= 0.3 is 0 Å². The number of nitrogens with one attached hydrogen (secondary N) is 2. The summed E-state index contributed by atoms with van der Waals surface area (Å²) in [6.45, 7) is 4.55. The average Bonchev–Trinajstić information content (AvgIpc) is 3.43. The minimum atomic E-state index is -0.716. The molecule has 1 aliphatic carbocycles. The number of anilines is 1. The molecule has 0 aromatic heterocycles. The van der Waals surface area contributed by atoms with E-state index in [1.807, 2.05) is 24.3 Å². The normalized spacial score (nSPS) is 17.7. The lowest BCUT2D eigenvalue weighted by atomic mass is 9.79. The minimum Gasteiger partial charge on any atom is -0.376 e. The van der Waals surface area contributed by atoms with Crippen molar-refractivity contribution in [2.75, 3.05) is 32.0 Å². The number of carbonyl (C=O) groups excluding carboxylic acids is 2. The van der Waals surface area contributed by atoms with Gasteiger partial charge < -0.3 is 15.5 Å². The van der Waals surface area contributed by atoms with Crippen molar-refractivity contribution < 1.29 is 14.0 Å². The van der Waals surface area contributed by atoms with Crippen LogP contribution in [0.25, 0.3) is 10.8 Å². The Kier molecular flexibility index (Phi) is 9.50. The largest absolute Gasteiger partial charge is 0.376 e. The van der Waals surface area contributed by atoms with E-state index in [0.717, 1.165) is 47.7 Å². The molecule has 1 heterocycles. The highest BCUT2D eigenvalue weighted by Gasteiger charge is 2.31. The van der Waals surface area contributed by atoms with E-state index in [-0.39, 0.29) is 23.4 Å². The fourth-order valence-corrected chi connectivity index (χ4v) is 6.53. The third-order valence-electron chi connectivity index (χ3n) is 9.17. The third-order valence-corrected chi connectivity index (χ3v) is 9.17. The summed E-state index contributed by atoms with van der Waals surface area (Å²) in [5.74, 6) is -2.31. The van der Waals surface area contributed by atoms with Crippen molar-refractivity contribution in [3.8, 4) is 6.07 Å². The van der Waals surface area contributed by atoms with Crippen LogP contribution in [0, 0.1) is 28.0 Å².